The van der Waals surface area contributed by atoms with Crippen molar-refractivity contribution in [3.63, 3.8) is 0 Å². The Morgan fingerprint density at radius 3 is 0.667 bits per heavy atom. The zero-order valence-corrected chi connectivity index (χ0v) is 48.9. The second-order valence-corrected chi connectivity index (χ2v) is 22.6. The molecule has 0 aliphatic rings. The molecule has 0 N–H and O–H groups in total. The maximum Gasteiger partial charge on any atom is 0.161 e. The number of unbranched alkanes of at least 4 members (excludes halogenated alkanes) is 28. The maximum atomic E-state index is 6.88. The van der Waals surface area contributed by atoms with E-state index in [0.717, 1.165) is 90.3 Å². The maximum absolute atomic E-state index is 6.88. The van der Waals surface area contributed by atoms with Crippen molar-refractivity contribution in [3.8, 4) is 45.3 Å². The molecule has 0 fully saturated rings. The first-order chi connectivity index (χ1) is 35.5. The van der Waals surface area contributed by atoms with Crippen molar-refractivity contribution in [2.24, 2.45) is 0 Å². The van der Waals surface area contributed by atoms with Gasteiger partial charge in [-0.1, -0.05) is 264 Å². The molecule has 0 bridgehead atoms. The van der Waals surface area contributed by atoms with Gasteiger partial charge in [-0.05, 0) is 118 Å². The van der Waals surface area contributed by atoms with Crippen LogP contribution in [0.4, 0.5) is 0 Å². The quantitative estimate of drug-likeness (QED) is 0.0288. The molecule has 72 heavy (non-hydrogen) atoms. The van der Waals surface area contributed by atoms with Crippen molar-refractivity contribution >= 4 is 53.4 Å². The third kappa shape index (κ3) is 21.2. The Hall–Kier alpha value is -3.22. The molecule has 0 aliphatic carbocycles. The average Bonchev–Trinajstić information content (AvgIpc) is 3.39. The van der Waals surface area contributed by atoms with Crippen LogP contribution in [-0.4, -0.2) is 26.4 Å². The minimum Gasteiger partial charge on any atom is -0.490 e. The van der Waals surface area contributed by atoms with Crippen molar-refractivity contribution in [1.82, 2.24) is 0 Å². The van der Waals surface area contributed by atoms with E-state index in [9.17, 15) is 0 Å². The lowest BCUT2D eigenvalue weighted by Crippen LogP contribution is -2.05. The zero-order valence-electron chi connectivity index (χ0n) is 45.8. The lowest BCUT2D eigenvalue weighted by atomic mass is 9.85. The summed E-state index contributed by atoms with van der Waals surface area (Å²) in [6, 6.07) is 26.9. The molecular formula is C66H96Br2O4. The van der Waals surface area contributed by atoms with Crippen molar-refractivity contribution < 1.29 is 18.9 Å². The van der Waals surface area contributed by atoms with E-state index >= 15 is 0 Å². The summed E-state index contributed by atoms with van der Waals surface area (Å²) >= 11 is 7.52. The molecule has 0 saturated carbocycles. The van der Waals surface area contributed by atoms with Gasteiger partial charge in [0.1, 0.15) is 0 Å². The molecular weight excluding hydrogens is 1020 g/mol. The summed E-state index contributed by atoms with van der Waals surface area (Å²) in [5.41, 5.74) is 4.65. The second-order valence-electron chi connectivity index (χ2n) is 20.7. The fourth-order valence-electron chi connectivity index (χ4n) is 10.2. The van der Waals surface area contributed by atoms with Gasteiger partial charge < -0.3 is 18.9 Å². The second kappa shape index (κ2) is 36.7. The van der Waals surface area contributed by atoms with Crippen LogP contribution in [0.15, 0.2) is 81.7 Å². The zero-order chi connectivity index (χ0) is 50.9. The Labute approximate surface area is 456 Å². The SMILES string of the molecule is CCCCCCCCCCOc1cc2c(-c3ccc(Br)cc3)c3cc(OCCCCCCCCCC)c(OCCCCCCCCCC)cc3c(-c3ccc(Br)cc3)c2cc1OCCCCCCCCCC. The van der Waals surface area contributed by atoms with Gasteiger partial charge in [0.25, 0.3) is 0 Å². The van der Waals surface area contributed by atoms with Gasteiger partial charge in [-0.2, -0.15) is 0 Å². The third-order valence-electron chi connectivity index (χ3n) is 14.5. The van der Waals surface area contributed by atoms with Crippen LogP contribution in [-0.2, 0) is 0 Å². The minimum atomic E-state index is 0.672. The summed E-state index contributed by atoms with van der Waals surface area (Å²) in [5.74, 6) is 3.34. The molecule has 0 heterocycles. The molecule has 398 valence electrons. The molecule has 0 aliphatic heterocycles. The topological polar surface area (TPSA) is 36.9 Å². The first-order valence-electron chi connectivity index (χ1n) is 29.6. The van der Waals surface area contributed by atoms with Gasteiger partial charge in [-0.25, -0.2) is 0 Å². The lowest BCUT2D eigenvalue weighted by molar-refractivity contribution is 0.259. The van der Waals surface area contributed by atoms with Gasteiger partial charge in [0.2, 0.25) is 0 Å². The van der Waals surface area contributed by atoms with Crippen LogP contribution in [0.5, 0.6) is 23.0 Å². The molecule has 5 aromatic carbocycles. The molecule has 4 nitrogen and oxygen atoms in total. The van der Waals surface area contributed by atoms with Crippen LogP contribution in [0.2, 0.25) is 0 Å². The number of rotatable bonds is 42. The Balaban J connectivity index is 1.59. The predicted molar refractivity (Wildman–Crippen MR) is 320 cm³/mol. The number of fused-ring (bicyclic) bond motifs is 2. The van der Waals surface area contributed by atoms with Crippen LogP contribution in [0.25, 0.3) is 43.8 Å². The summed E-state index contributed by atoms with van der Waals surface area (Å²) < 4.78 is 29.6. The van der Waals surface area contributed by atoms with E-state index in [4.69, 9.17) is 18.9 Å². The molecule has 5 aromatic rings. The molecule has 6 heteroatoms. The molecule has 0 amide bonds. The van der Waals surface area contributed by atoms with Crippen molar-refractivity contribution in [2.75, 3.05) is 26.4 Å². The van der Waals surface area contributed by atoms with E-state index in [1.54, 1.807) is 0 Å². The van der Waals surface area contributed by atoms with E-state index in [2.05, 4.69) is 132 Å². The van der Waals surface area contributed by atoms with E-state index in [1.165, 1.54) is 191 Å². The highest BCUT2D eigenvalue weighted by Crippen LogP contribution is 2.50. The van der Waals surface area contributed by atoms with Gasteiger partial charge >= 0.3 is 0 Å². The summed E-state index contributed by atoms with van der Waals surface area (Å²) in [7, 11) is 0. The average molecular weight is 1110 g/mol. The highest BCUT2D eigenvalue weighted by atomic mass is 79.9. The molecule has 0 spiro atoms. The van der Waals surface area contributed by atoms with Gasteiger partial charge in [0, 0.05) is 8.95 Å². The third-order valence-corrected chi connectivity index (χ3v) is 15.6. The summed E-state index contributed by atoms with van der Waals surface area (Å²) in [6.07, 6.45) is 40.4. The number of hydrogen-bond acceptors (Lipinski definition) is 4. The fourth-order valence-corrected chi connectivity index (χ4v) is 10.7. The molecule has 0 unspecified atom stereocenters. The van der Waals surface area contributed by atoms with E-state index in [1.807, 2.05) is 0 Å². The molecule has 0 aromatic heterocycles. The van der Waals surface area contributed by atoms with Crippen molar-refractivity contribution in [1.29, 1.82) is 0 Å². The summed E-state index contributed by atoms with van der Waals surface area (Å²) in [5, 5.41) is 4.59. The van der Waals surface area contributed by atoms with Gasteiger partial charge in [0.15, 0.2) is 23.0 Å². The first-order valence-corrected chi connectivity index (χ1v) is 31.2. The van der Waals surface area contributed by atoms with E-state index in [-0.39, 0.29) is 0 Å². The van der Waals surface area contributed by atoms with Crippen LogP contribution in [0.1, 0.15) is 233 Å². The fraction of sp³-hybridized carbons (Fsp3) is 0.606. The Bertz CT molecular complexity index is 1930. The Morgan fingerprint density at radius 2 is 0.458 bits per heavy atom. The monoisotopic (exact) mass is 1110 g/mol. The summed E-state index contributed by atoms with van der Waals surface area (Å²) in [6.45, 7) is 11.9. The van der Waals surface area contributed by atoms with Crippen molar-refractivity contribution in [3.05, 3.63) is 81.7 Å². The molecule has 5 rings (SSSR count). The molecule has 0 radical (unpaired) electrons. The van der Waals surface area contributed by atoms with Crippen molar-refractivity contribution in [2.45, 2.75) is 233 Å². The smallest absolute Gasteiger partial charge is 0.161 e. The largest absolute Gasteiger partial charge is 0.490 e. The highest BCUT2D eigenvalue weighted by Gasteiger charge is 2.23. The standard InChI is InChI=1S/C66H96Br2O4/c1-5-9-13-17-21-25-29-33-45-69-61-49-57-58(50-62(61)70-46-34-30-26-22-18-14-10-6-2)66(54-39-43-56(68)44-40-54)60-52-64(72-48-36-32-28-24-20-16-12-8-4)63(71-47-35-31-27-23-19-15-11-7-3)51-59(60)65(57)53-37-41-55(67)42-38-53/h37-44,49-52H,5-36,45-48H2,1-4H3. The minimum absolute atomic E-state index is 0.672. The van der Waals surface area contributed by atoms with Crippen LogP contribution < -0.4 is 18.9 Å². The molecule has 0 atom stereocenters. The van der Waals surface area contributed by atoms with Crippen LogP contribution >= 0.6 is 31.9 Å². The van der Waals surface area contributed by atoms with Gasteiger partial charge in [0.05, 0.1) is 26.4 Å². The normalized spacial score (nSPS) is 11.5. The van der Waals surface area contributed by atoms with Crippen LogP contribution in [0.3, 0.4) is 0 Å². The first kappa shape index (κ1) is 59.7. The Kier molecular flexibility index (Phi) is 30.4. The summed E-state index contributed by atoms with van der Waals surface area (Å²) in [4.78, 5) is 0. The Morgan fingerprint density at radius 1 is 0.264 bits per heavy atom. The highest BCUT2D eigenvalue weighted by molar-refractivity contribution is 9.10. The van der Waals surface area contributed by atoms with Gasteiger partial charge in [-0.15, -0.1) is 0 Å². The number of ether oxygens (including phenoxy) is 4. The number of benzene rings is 5. The number of halogens is 2. The van der Waals surface area contributed by atoms with E-state index < -0.39 is 0 Å². The number of hydrogen-bond donors (Lipinski definition) is 0. The van der Waals surface area contributed by atoms with E-state index in [0.29, 0.717) is 26.4 Å². The predicted octanol–water partition coefficient (Wildman–Crippen LogP) is 22.9. The lowest BCUT2D eigenvalue weighted by Gasteiger charge is -2.23. The van der Waals surface area contributed by atoms with Gasteiger partial charge in [-0.3, -0.25) is 0 Å². The van der Waals surface area contributed by atoms with Crippen LogP contribution in [0, 0.1) is 0 Å². The molecule has 0 saturated heterocycles.